The van der Waals surface area contributed by atoms with Crippen molar-refractivity contribution in [1.29, 1.82) is 0 Å². The Morgan fingerprint density at radius 2 is 1.77 bits per heavy atom. The molecule has 1 aromatic carbocycles. The van der Waals surface area contributed by atoms with E-state index in [2.05, 4.69) is 5.32 Å². The highest BCUT2D eigenvalue weighted by Crippen LogP contribution is 2.27. The maximum absolute atomic E-state index is 12.2. The van der Waals surface area contributed by atoms with Crippen molar-refractivity contribution in [2.24, 2.45) is 11.8 Å². The number of fused-ring (bicyclic) bond motifs is 1. The van der Waals surface area contributed by atoms with Crippen LogP contribution in [0.2, 0.25) is 0 Å². The molecule has 0 bridgehead atoms. The Morgan fingerprint density at radius 3 is 2.36 bits per heavy atom. The van der Waals surface area contributed by atoms with Crippen LogP contribution < -0.4 is 10.1 Å². The predicted molar refractivity (Wildman–Crippen MR) is 86.5 cm³/mol. The number of phenols is 1. The van der Waals surface area contributed by atoms with Gasteiger partial charge in [0.2, 0.25) is 0 Å². The lowest BCUT2D eigenvalue weighted by atomic mass is 9.92. The highest BCUT2D eigenvalue weighted by Gasteiger charge is 2.31. The topological polar surface area (TPSA) is 61.8 Å². The molecule has 0 aliphatic carbocycles. The third-order valence-electron chi connectivity index (χ3n) is 4.57. The molecular weight excluding hydrogens is 304 g/mol. The van der Waals surface area contributed by atoms with Crippen molar-refractivity contribution in [3.8, 4) is 11.5 Å². The average molecular weight is 327 g/mol. The fraction of sp³-hybridized carbons (Fsp3) is 0.562. The summed E-state index contributed by atoms with van der Waals surface area (Å²) in [6, 6.07) is 6.45. The Kier molecular flexibility index (Phi) is 5.91. The van der Waals surface area contributed by atoms with Gasteiger partial charge in [-0.2, -0.15) is 0 Å². The lowest BCUT2D eigenvalue weighted by molar-refractivity contribution is -0.133. The average Bonchev–Trinajstić information content (AvgIpc) is 2.85. The van der Waals surface area contributed by atoms with Crippen LogP contribution in [-0.4, -0.2) is 48.7 Å². The summed E-state index contributed by atoms with van der Waals surface area (Å²) in [6.45, 7) is 3.92. The summed E-state index contributed by atoms with van der Waals surface area (Å²) in [4.78, 5) is 14.2. The van der Waals surface area contributed by atoms with Crippen LogP contribution in [0.1, 0.15) is 12.8 Å². The van der Waals surface area contributed by atoms with Gasteiger partial charge in [-0.15, -0.1) is 12.4 Å². The summed E-state index contributed by atoms with van der Waals surface area (Å²) in [6.07, 6.45) is 2.17. The van der Waals surface area contributed by atoms with Crippen molar-refractivity contribution in [3.63, 3.8) is 0 Å². The number of amides is 1. The standard InChI is InChI=1S/C16H22N2O3.ClH/c19-14-1-3-15(4-2-14)21-11-16(20)18-7-5-12-9-17-10-13(12)6-8-18;/h1-4,12-13,17,19H,5-11H2;1H/t12-,13+;. The third kappa shape index (κ3) is 4.05. The predicted octanol–water partition coefficient (Wildman–Crippen LogP) is 1.65. The largest absolute Gasteiger partial charge is 0.508 e. The van der Waals surface area contributed by atoms with E-state index >= 15 is 0 Å². The molecule has 1 amide bonds. The number of ether oxygens (including phenoxy) is 1. The van der Waals surface area contributed by atoms with Crippen LogP contribution in [0.5, 0.6) is 11.5 Å². The van der Waals surface area contributed by atoms with Crippen molar-refractivity contribution in [3.05, 3.63) is 24.3 Å². The van der Waals surface area contributed by atoms with Gasteiger partial charge in [0.15, 0.2) is 6.61 Å². The second kappa shape index (κ2) is 7.70. The SMILES string of the molecule is Cl.O=C(COc1ccc(O)cc1)N1CC[C@@H]2CNC[C@@H]2CC1. The molecule has 2 N–H and O–H groups in total. The molecule has 0 unspecified atom stereocenters. The molecule has 2 heterocycles. The maximum Gasteiger partial charge on any atom is 0.260 e. The van der Waals surface area contributed by atoms with Gasteiger partial charge in [-0.05, 0) is 62.0 Å². The van der Waals surface area contributed by atoms with Crippen molar-refractivity contribution < 1.29 is 14.6 Å². The molecule has 0 aromatic heterocycles. The van der Waals surface area contributed by atoms with E-state index in [1.54, 1.807) is 24.3 Å². The first kappa shape index (κ1) is 16.9. The van der Waals surface area contributed by atoms with Crippen LogP contribution in [0.3, 0.4) is 0 Å². The summed E-state index contributed by atoms with van der Waals surface area (Å²) in [5, 5.41) is 12.7. The minimum atomic E-state index is 0. The maximum atomic E-state index is 12.2. The van der Waals surface area contributed by atoms with Gasteiger partial charge in [0.25, 0.3) is 5.91 Å². The normalized spacial score (nSPS) is 24.1. The first-order valence-corrected chi connectivity index (χ1v) is 7.62. The Balaban J connectivity index is 0.00000176. The Morgan fingerprint density at radius 1 is 1.18 bits per heavy atom. The van der Waals surface area contributed by atoms with Crippen LogP contribution in [0.15, 0.2) is 24.3 Å². The van der Waals surface area contributed by atoms with Gasteiger partial charge >= 0.3 is 0 Å². The quantitative estimate of drug-likeness (QED) is 0.886. The number of halogens is 1. The van der Waals surface area contributed by atoms with E-state index in [0.29, 0.717) is 5.75 Å². The number of hydrogen-bond acceptors (Lipinski definition) is 4. The monoisotopic (exact) mass is 326 g/mol. The minimum Gasteiger partial charge on any atom is -0.508 e. The van der Waals surface area contributed by atoms with Crippen LogP contribution >= 0.6 is 12.4 Å². The number of benzene rings is 1. The first-order valence-electron chi connectivity index (χ1n) is 7.62. The van der Waals surface area contributed by atoms with Crippen LogP contribution in [-0.2, 0) is 4.79 Å². The molecule has 5 nitrogen and oxygen atoms in total. The van der Waals surface area contributed by atoms with Crippen LogP contribution in [0, 0.1) is 11.8 Å². The van der Waals surface area contributed by atoms with Gasteiger partial charge in [-0.1, -0.05) is 0 Å². The van der Waals surface area contributed by atoms with Crippen LogP contribution in [0.4, 0.5) is 0 Å². The number of carbonyl (C=O) groups excluding carboxylic acids is 1. The Hall–Kier alpha value is -1.46. The Bertz CT molecular complexity index is 481. The summed E-state index contributed by atoms with van der Waals surface area (Å²) < 4.78 is 5.50. The molecule has 2 atom stereocenters. The molecule has 2 aliphatic rings. The molecule has 6 heteroatoms. The molecule has 0 spiro atoms. The van der Waals surface area contributed by atoms with Gasteiger partial charge in [-0.3, -0.25) is 4.79 Å². The molecule has 3 rings (SSSR count). The van der Waals surface area contributed by atoms with Gasteiger partial charge in [0.05, 0.1) is 0 Å². The fourth-order valence-electron chi connectivity index (χ4n) is 3.25. The van der Waals surface area contributed by atoms with E-state index in [1.807, 2.05) is 4.90 Å². The lowest BCUT2D eigenvalue weighted by Crippen LogP contribution is -2.36. The van der Waals surface area contributed by atoms with Crippen molar-refractivity contribution in [2.45, 2.75) is 12.8 Å². The number of nitrogens with zero attached hydrogens (tertiary/aromatic N) is 1. The summed E-state index contributed by atoms with van der Waals surface area (Å²) in [5.41, 5.74) is 0. The molecule has 2 aliphatic heterocycles. The lowest BCUT2D eigenvalue weighted by Gasteiger charge is -2.21. The van der Waals surface area contributed by atoms with Crippen molar-refractivity contribution >= 4 is 18.3 Å². The molecule has 122 valence electrons. The highest BCUT2D eigenvalue weighted by atomic mass is 35.5. The van der Waals surface area contributed by atoms with Gasteiger partial charge in [0.1, 0.15) is 11.5 Å². The van der Waals surface area contributed by atoms with E-state index in [-0.39, 0.29) is 30.7 Å². The van der Waals surface area contributed by atoms with Gasteiger partial charge in [-0.25, -0.2) is 0 Å². The number of phenolic OH excluding ortho intramolecular Hbond substituents is 1. The van der Waals surface area contributed by atoms with E-state index in [4.69, 9.17) is 4.74 Å². The number of nitrogens with one attached hydrogen (secondary N) is 1. The zero-order valence-electron chi connectivity index (χ0n) is 12.5. The fourth-order valence-corrected chi connectivity index (χ4v) is 3.25. The highest BCUT2D eigenvalue weighted by molar-refractivity contribution is 5.85. The molecule has 0 radical (unpaired) electrons. The first-order chi connectivity index (χ1) is 10.2. The molecule has 2 fully saturated rings. The zero-order chi connectivity index (χ0) is 14.7. The number of aromatic hydroxyl groups is 1. The van der Waals surface area contributed by atoms with E-state index in [0.717, 1.165) is 50.9 Å². The third-order valence-corrected chi connectivity index (χ3v) is 4.57. The number of carbonyl (C=O) groups is 1. The van der Waals surface area contributed by atoms with E-state index < -0.39 is 0 Å². The summed E-state index contributed by atoms with van der Waals surface area (Å²) >= 11 is 0. The van der Waals surface area contributed by atoms with Crippen LogP contribution in [0.25, 0.3) is 0 Å². The molecular formula is C16H23ClN2O3. The zero-order valence-corrected chi connectivity index (χ0v) is 13.3. The Labute approximate surface area is 137 Å². The minimum absolute atomic E-state index is 0. The van der Waals surface area contributed by atoms with Crippen molar-refractivity contribution in [2.75, 3.05) is 32.8 Å². The molecule has 0 saturated carbocycles. The number of likely N-dealkylation sites (tertiary alicyclic amines) is 1. The molecule has 1 aromatic rings. The smallest absolute Gasteiger partial charge is 0.260 e. The van der Waals surface area contributed by atoms with Crippen molar-refractivity contribution in [1.82, 2.24) is 10.2 Å². The van der Waals surface area contributed by atoms with Gasteiger partial charge in [0, 0.05) is 13.1 Å². The molecule has 2 saturated heterocycles. The summed E-state index contributed by atoms with van der Waals surface area (Å²) in [7, 11) is 0. The van der Waals surface area contributed by atoms with Gasteiger partial charge < -0.3 is 20.1 Å². The molecule has 22 heavy (non-hydrogen) atoms. The van der Waals surface area contributed by atoms with E-state index in [1.165, 1.54) is 0 Å². The second-order valence-electron chi connectivity index (χ2n) is 5.92. The van der Waals surface area contributed by atoms with E-state index in [9.17, 15) is 9.90 Å². The summed E-state index contributed by atoms with van der Waals surface area (Å²) in [5.74, 6) is 2.30. The number of rotatable bonds is 3. The second-order valence-corrected chi connectivity index (χ2v) is 5.92. The number of hydrogen-bond donors (Lipinski definition) is 2.